The molecule has 1 aliphatic heterocycles. The number of nitrogens with zero attached hydrogens (tertiary/aromatic N) is 1. The van der Waals surface area contributed by atoms with Gasteiger partial charge in [-0.05, 0) is 36.8 Å². The van der Waals surface area contributed by atoms with Crippen molar-refractivity contribution < 1.29 is 4.79 Å². The number of fused-ring (bicyclic) bond motifs is 2. The lowest BCUT2D eigenvalue weighted by atomic mass is 10.0. The van der Waals surface area contributed by atoms with Gasteiger partial charge in [-0.1, -0.05) is 12.1 Å². The average molecular weight is 307 g/mol. The van der Waals surface area contributed by atoms with E-state index >= 15 is 0 Å². The fourth-order valence-corrected chi connectivity index (χ4v) is 3.39. The van der Waals surface area contributed by atoms with Crippen LogP contribution < -0.4 is 10.6 Å². The summed E-state index contributed by atoms with van der Waals surface area (Å²) in [6, 6.07) is 11.9. The molecule has 4 nitrogen and oxygen atoms in total. The molecule has 0 fully saturated rings. The van der Waals surface area contributed by atoms with Gasteiger partial charge >= 0.3 is 0 Å². The van der Waals surface area contributed by atoms with Crippen LogP contribution in [0, 0.1) is 6.92 Å². The molecule has 2 N–H and O–H groups in total. The van der Waals surface area contributed by atoms with Crippen molar-refractivity contribution in [2.24, 2.45) is 0 Å². The van der Waals surface area contributed by atoms with Crippen molar-refractivity contribution in [2.45, 2.75) is 6.92 Å². The zero-order valence-electron chi connectivity index (χ0n) is 11.9. The van der Waals surface area contributed by atoms with Crippen molar-refractivity contribution in [3.05, 3.63) is 59.2 Å². The molecule has 2 aromatic carbocycles. The number of hydrogen-bond donors (Lipinski definition) is 2. The molecule has 3 aromatic rings. The van der Waals surface area contributed by atoms with Gasteiger partial charge in [-0.25, -0.2) is 4.98 Å². The monoisotopic (exact) mass is 307 g/mol. The molecule has 1 amide bonds. The zero-order chi connectivity index (χ0) is 15.1. The van der Waals surface area contributed by atoms with Gasteiger partial charge in [0.05, 0.1) is 21.3 Å². The third-order valence-electron chi connectivity index (χ3n) is 3.75. The van der Waals surface area contributed by atoms with Gasteiger partial charge in [0.1, 0.15) is 0 Å². The topological polar surface area (TPSA) is 54.0 Å². The Morgan fingerprint density at radius 2 is 2.18 bits per heavy atom. The number of rotatable bonds is 2. The number of hydrogen-bond acceptors (Lipinski definition) is 4. The van der Waals surface area contributed by atoms with E-state index in [9.17, 15) is 4.79 Å². The molecule has 0 spiro atoms. The van der Waals surface area contributed by atoms with Crippen LogP contribution in [0.3, 0.4) is 0 Å². The summed E-state index contributed by atoms with van der Waals surface area (Å²) in [5.74, 6) is -0.0735. The lowest BCUT2D eigenvalue weighted by molar-refractivity contribution is -0.110. The zero-order valence-corrected chi connectivity index (χ0v) is 12.7. The van der Waals surface area contributed by atoms with Crippen LogP contribution in [0.15, 0.2) is 48.1 Å². The molecule has 0 radical (unpaired) electrons. The third-order valence-corrected chi connectivity index (χ3v) is 4.54. The second-order valence-corrected chi connectivity index (χ2v) is 6.08. The summed E-state index contributed by atoms with van der Waals surface area (Å²) in [6.45, 7) is 2.01. The van der Waals surface area contributed by atoms with Crippen molar-refractivity contribution in [3.8, 4) is 0 Å². The lowest BCUT2D eigenvalue weighted by Gasteiger charge is -2.05. The van der Waals surface area contributed by atoms with Crippen LogP contribution in [0.4, 0.5) is 11.4 Å². The van der Waals surface area contributed by atoms with Crippen molar-refractivity contribution in [1.29, 1.82) is 0 Å². The second kappa shape index (κ2) is 4.96. The average Bonchev–Trinajstić information content (AvgIpc) is 3.09. The van der Waals surface area contributed by atoms with E-state index < -0.39 is 0 Å². The van der Waals surface area contributed by atoms with Crippen molar-refractivity contribution in [1.82, 2.24) is 4.98 Å². The van der Waals surface area contributed by atoms with E-state index in [2.05, 4.69) is 15.6 Å². The SMILES string of the molecule is Cc1cccc2c1C(=CNc1ccc3ncsc3c1)C(=O)N2. The minimum Gasteiger partial charge on any atom is -0.361 e. The van der Waals surface area contributed by atoms with Crippen LogP contribution in [0.5, 0.6) is 0 Å². The predicted molar refractivity (Wildman–Crippen MR) is 91.0 cm³/mol. The Hall–Kier alpha value is -2.66. The Labute approximate surface area is 131 Å². The number of anilines is 2. The molecule has 1 aromatic heterocycles. The first-order valence-electron chi connectivity index (χ1n) is 6.94. The Balaban J connectivity index is 1.70. The molecular weight excluding hydrogens is 294 g/mol. The summed E-state index contributed by atoms with van der Waals surface area (Å²) in [6.07, 6.45) is 1.77. The summed E-state index contributed by atoms with van der Waals surface area (Å²) in [5.41, 5.74) is 7.35. The Kier molecular flexibility index (Phi) is 2.94. The Morgan fingerprint density at radius 3 is 3.09 bits per heavy atom. The maximum atomic E-state index is 12.1. The molecule has 0 atom stereocenters. The maximum Gasteiger partial charge on any atom is 0.257 e. The highest BCUT2D eigenvalue weighted by Crippen LogP contribution is 2.34. The molecule has 5 heteroatoms. The number of aromatic nitrogens is 1. The van der Waals surface area contributed by atoms with Gasteiger partial charge in [-0.3, -0.25) is 4.79 Å². The summed E-state index contributed by atoms with van der Waals surface area (Å²) in [5, 5.41) is 6.12. The standard InChI is InChI=1S/C17H13N3OS/c1-10-3-2-4-14-16(10)12(17(21)20-14)8-18-11-5-6-13-15(7-11)22-9-19-13/h2-9,18H,1H3,(H,20,21). The molecule has 1 aliphatic rings. The number of aryl methyl sites for hydroxylation is 1. The van der Waals surface area contributed by atoms with Crippen LogP contribution in [0.1, 0.15) is 11.1 Å². The summed E-state index contributed by atoms with van der Waals surface area (Å²) in [4.78, 5) is 16.4. The molecule has 0 bridgehead atoms. The molecule has 0 saturated carbocycles. The van der Waals surface area contributed by atoms with E-state index in [1.54, 1.807) is 17.5 Å². The fourth-order valence-electron chi connectivity index (χ4n) is 2.67. The number of nitrogens with one attached hydrogen (secondary N) is 2. The normalized spacial score (nSPS) is 15.1. The molecule has 2 heterocycles. The van der Waals surface area contributed by atoms with Crippen LogP contribution in [-0.4, -0.2) is 10.9 Å². The molecule has 108 valence electrons. The van der Waals surface area contributed by atoms with Gasteiger partial charge in [0.15, 0.2) is 0 Å². The van der Waals surface area contributed by atoms with Crippen LogP contribution >= 0.6 is 11.3 Å². The van der Waals surface area contributed by atoms with Gasteiger partial charge in [0, 0.05) is 23.1 Å². The minimum absolute atomic E-state index is 0.0735. The number of carbonyl (C=O) groups is 1. The lowest BCUT2D eigenvalue weighted by Crippen LogP contribution is -2.05. The van der Waals surface area contributed by atoms with Crippen molar-refractivity contribution >= 4 is 44.4 Å². The number of amides is 1. The van der Waals surface area contributed by atoms with E-state index in [0.29, 0.717) is 5.57 Å². The van der Waals surface area contributed by atoms with E-state index in [0.717, 1.165) is 32.7 Å². The van der Waals surface area contributed by atoms with Crippen molar-refractivity contribution in [2.75, 3.05) is 10.6 Å². The van der Waals surface area contributed by atoms with Gasteiger partial charge in [-0.15, -0.1) is 11.3 Å². The highest BCUT2D eigenvalue weighted by Gasteiger charge is 2.25. The van der Waals surface area contributed by atoms with E-state index in [1.807, 2.05) is 48.8 Å². The molecule has 0 aliphatic carbocycles. The van der Waals surface area contributed by atoms with Gasteiger partial charge in [0.25, 0.3) is 5.91 Å². The van der Waals surface area contributed by atoms with Gasteiger partial charge in [0.2, 0.25) is 0 Å². The molecule has 0 unspecified atom stereocenters. The summed E-state index contributed by atoms with van der Waals surface area (Å²) >= 11 is 1.60. The highest BCUT2D eigenvalue weighted by molar-refractivity contribution is 7.16. The number of benzene rings is 2. The number of carbonyl (C=O) groups excluding carboxylic acids is 1. The quantitative estimate of drug-likeness (QED) is 0.703. The fraction of sp³-hybridized carbons (Fsp3) is 0.0588. The van der Waals surface area contributed by atoms with Gasteiger partial charge in [-0.2, -0.15) is 0 Å². The number of thiazole rings is 1. The molecule has 0 saturated heterocycles. The second-order valence-electron chi connectivity index (χ2n) is 5.19. The van der Waals surface area contributed by atoms with Crippen LogP contribution in [-0.2, 0) is 4.79 Å². The molecule has 4 rings (SSSR count). The van der Waals surface area contributed by atoms with E-state index in [-0.39, 0.29) is 5.91 Å². The Bertz CT molecular complexity index is 927. The first-order valence-corrected chi connectivity index (χ1v) is 7.81. The van der Waals surface area contributed by atoms with Crippen LogP contribution in [0.25, 0.3) is 15.8 Å². The molecular formula is C17H13N3OS. The summed E-state index contributed by atoms with van der Waals surface area (Å²) in [7, 11) is 0. The minimum atomic E-state index is -0.0735. The largest absolute Gasteiger partial charge is 0.361 e. The van der Waals surface area contributed by atoms with Gasteiger partial charge < -0.3 is 10.6 Å². The summed E-state index contributed by atoms with van der Waals surface area (Å²) < 4.78 is 1.12. The smallest absolute Gasteiger partial charge is 0.257 e. The van der Waals surface area contributed by atoms with Crippen molar-refractivity contribution in [3.63, 3.8) is 0 Å². The van der Waals surface area contributed by atoms with E-state index in [1.165, 1.54) is 0 Å². The molecule has 22 heavy (non-hydrogen) atoms. The maximum absolute atomic E-state index is 12.1. The van der Waals surface area contributed by atoms with Crippen LogP contribution in [0.2, 0.25) is 0 Å². The highest BCUT2D eigenvalue weighted by atomic mass is 32.1. The third kappa shape index (κ3) is 2.07. The first kappa shape index (κ1) is 13.0. The van der Waals surface area contributed by atoms with E-state index in [4.69, 9.17) is 0 Å². The predicted octanol–water partition coefficient (Wildman–Crippen LogP) is 4.01. The first-order chi connectivity index (χ1) is 10.7. The Morgan fingerprint density at radius 1 is 1.27 bits per heavy atom.